The first-order chi connectivity index (χ1) is 19.2. The average molecular weight is 603 g/mol. The summed E-state index contributed by atoms with van der Waals surface area (Å²) in [6.07, 6.45) is 5.07. The van der Waals surface area contributed by atoms with Crippen LogP contribution in [0.3, 0.4) is 0 Å². The number of nitrogens with zero attached hydrogens (tertiary/aromatic N) is 2. The molecule has 0 saturated heterocycles. The number of sulfonamides is 1. The highest BCUT2D eigenvalue weighted by Crippen LogP contribution is 2.35. The van der Waals surface area contributed by atoms with Crippen molar-refractivity contribution in [1.29, 1.82) is 0 Å². The topological polar surface area (TPSA) is 86.8 Å². The quantitative estimate of drug-likeness (QED) is 0.306. The Balaban J connectivity index is 1.68. The van der Waals surface area contributed by atoms with Crippen molar-refractivity contribution < 1.29 is 18.0 Å². The maximum Gasteiger partial charge on any atom is 0.264 e. The minimum absolute atomic E-state index is 0.00320. The fraction of sp³-hybridized carbons (Fsp3) is 0.333. The van der Waals surface area contributed by atoms with Gasteiger partial charge in [-0.2, -0.15) is 0 Å². The van der Waals surface area contributed by atoms with Gasteiger partial charge in [0.15, 0.2) is 0 Å². The zero-order valence-electron chi connectivity index (χ0n) is 22.3. The smallest absolute Gasteiger partial charge is 0.264 e. The van der Waals surface area contributed by atoms with Crippen LogP contribution in [0.15, 0.2) is 83.8 Å². The lowest BCUT2D eigenvalue weighted by Crippen LogP contribution is -2.53. The fourth-order valence-corrected chi connectivity index (χ4v) is 6.74. The van der Waals surface area contributed by atoms with Crippen molar-refractivity contribution in [2.45, 2.75) is 62.6 Å². The Kier molecular flexibility index (Phi) is 10.1. The Labute approximate surface area is 246 Å². The molecule has 10 heteroatoms. The number of amides is 2. The van der Waals surface area contributed by atoms with E-state index < -0.39 is 28.5 Å². The number of carbonyl (C=O) groups is 2. The third-order valence-electron chi connectivity index (χ3n) is 7.12. The summed E-state index contributed by atoms with van der Waals surface area (Å²) in [5, 5.41) is 3.26. The van der Waals surface area contributed by atoms with E-state index in [1.807, 2.05) is 30.3 Å². The van der Waals surface area contributed by atoms with E-state index in [0.29, 0.717) is 0 Å². The van der Waals surface area contributed by atoms with Gasteiger partial charge in [-0.25, -0.2) is 8.42 Å². The minimum Gasteiger partial charge on any atom is -0.352 e. The van der Waals surface area contributed by atoms with Crippen molar-refractivity contribution in [3.8, 4) is 0 Å². The highest BCUT2D eigenvalue weighted by molar-refractivity contribution is 7.92. The predicted molar refractivity (Wildman–Crippen MR) is 159 cm³/mol. The molecule has 3 aromatic carbocycles. The lowest BCUT2D eigenvalue weighted by Gasteiger charge is -2.33. The standard InChI is InChI=1S/C30H33Cl2N3O4S/c1-22(30(37)33-24-14-7-3-8-15-24)34(20-23-12-5-2-6-13-23)28(36)21-35(27-19-11-18-26(31)29(27)32)40(38,39)25-16-9-4-10-17-25/h2,4-6,9-13,16-19,22,24H,3,7-8,14-15,20-21H2,1H3,(H,33,37)/t22-/m1/s1. The Bertz CT molecular complexity index is 1420. The number of nitrogens with one attached hydrogen (secondary N) is 1. The lowest BCUT2D eigenvalue weighted by molar-refractivity contribution is -0.139. The molecule has 1 N–H and O–H groups in total. The van der Waals surface area contributed by atoms with Gasteiger partial charge in [-0.1, -0.05) is 97.1 Å². The average Bonchev–Trinajstić information content (AvgIpc) is 2.97. The zero-order valence-corrected chi connectivity index (χ0v) is 24.6. The van der Waals surface area contributed by atoms with Gasteiger partial charge in [0.05, 0.1) is 20.6 Å². The van der Waals surface area contributed by atoms with Crippen LogP contribution in [0.5, 0.6) is 0 Å². The predicted octanol–water partition coefficient (Wildman–Crippen LogP) is 6.05. The Morgan fingerprint density at radius 3 is 2.17 bits per heavy atom. The van der Waals surface area contributed by atoms with Crippen LogP contribution in [-0.4, -0.2) is 43.8 Å². The molecule has 40 heavy (non-hydrogen) atoms. The lowest BCUT2D eigenvalue weighted by atomic mass is 9.95. The van der Waals surface area contributed by atoms with Gasteiger partial charge in [0, 0.05) is 12.6 Å². The van der Waals surface area contributed by atoms with Gasteiger partial charge < -0.3 is 10.2 Å². The van der Waals surface area contributed by atoms with Crippen LogP contribution in [0.2, 0.25) is 10.0 Å². The van der Waals surface area contributed by atoms with Crippen LogP contribution in [0, 0.1) is 0 Å². The third kappa shape index (κ3) is 7.16. The summed E-state index contributed by atoms with van der Waals surface area (Å²) in [5.41, 5.74) is 0.886. The van der Waals surface area contributed by atoms with E-state index in [1.54, 1.807) is 37.3 Å². The summed E-state index contributed by atoms with van der Waals surface area (Å²) in [5.74, 6) is -0.819. The Hall–Kier alpha value is -3.07. The normalized spacial score (nSPS) is 14.8. The second kappa shape index (κ2) is 13.5. The molecule has 1 aliphatic carbocycles. The third-order valence-corrected chi connectivity index (χ3v) is 9.71. The Morgan fingerprint density at radius 2 is 1.52 bits per heavy atom. The first-order valence-corrected chi connectivity index (χ1v) is 15.5. The number of hydrogen-bond donors (Lipinski definition) is 1. The van der Waals surface area contributed by atoms with Crippen molar-refractivity contribution in [1.82, 2.24) is 10.2 Å². The molecule has 0 unspecified atom stereocenters. The summed E-state index contributed by atoms with van der Waals surface area (Å²) in [6, 6.07) is 20.9. The summed E-state index contributed by atoms with van der Waals surface area (Å²) in [7, 11) is -4.22. The number of carbonyl (C=O) groups excluding carboxylic acids is 2. The van der Waals surface area contributed by atoms with Crippen molar-refractivity contribution in [2.75, 3.05) is 10.8 Å². The van der Waals surface area contributed by atoms with Crippen molar-refractivity contribution in [3.05, 3.63) is 94.5 Å². The van der Waals surface area contributed by atoms with E-state index >= 15 is 0 Å². The van der Waals surface area contributed by atoms with Gasteiger partial charge in [0.1, 0.15) is 12.6 Å². The summed E-state index contributed by atoms with van der Waals surface area (Å²) < 4.78 is 28.7. The molecule has 0 radical (unpaired) electrons. The molecular weight excluding hydrogens is 569 g/mol. The number of rotatable bonds is 10. The van der Waals surface area contributed by atoms with Gasteiger partial charge in [-0.05, 0) is 49.6 Å². The van der Waals surface area contributed by atoms with E-state index in [1.165, 1.54) is 23.1 Å². The molecule has 2 amide bonds. The molecule has 3 aromatic rings. The fourth-order valence-electron chi connectivity index (χ4n) is 4.85. The van der Waals surface area contributed by atoms with E-state index in [0.717, 1.165) is 42.0 Å². The van der Waals surface area contributed by atoms with Gasteiger partial charge in [-0.15, -0.1) is 0 Å². The highest BCUT2D eigenvalue weighted by atomic mass is 35.5. The maximum absolute atomic E-state index is 14.0. The van der Waals surface area contributed by atoms with Crippen LogP contribution in [0.1, 0.15) is 44.6 Å². The molecule has 0 aliphatic heterocycles. The van der Waals surface area contributed by atoms with Crippen molar-refractivity contribution in [2.24, 2.45) is 0 Å². The van der Waals surface area contributed by atoms with E-state index in [4.69, 9.17) is 23.2 Å². The maximum atomic E-state index is 14.0. The Morgan fingerprint density at radius 1 is 0.900 bits per heavy atom. The molecular formula is C30H33Cl2N3O4S. The number of benzene rings is 3. The molecule has 4 rings (SSSR count). The van der Waals surface area contributed by atoms with Gasteiger partial charge in [0.2, 0.25) is 11.8 Å². The molecule has 1 aliphatic rings. The van der Waals surface area contributed by atoms with Crippen LogP contribution in [-0.2, 0) is 26.2 Å². The van der Waals surface area contributed by atoms with E-state index in [9.17, 15) is 18.0 Å². The number of halogens is 2. The second-order valence-corrected chi connectivity index (χ2v) is 12.6. The van der Waals surface area contributed by atoms with Crippen LogP contribution < -0.4 is 9.62 Å². The van der Waals surface area contributed by atoms with E-state index in [-0.39, 0.29) is 39.1 Å². The molecule has 7 nitrogen and oxygen atoms in total. The molecule has 212 valence electrons. The summed E-state index contributed by atoms with van der Waals surface area (Å²) in [6.45, 7) is 1.22. The number of anilines is 1. The van der Waals surface area contributed by atoms with Crippen molar-refractivity contribution >= 4 is 50.7 Å². The molecule has 0 heterocycles. The monoisotopic (exact) mass is 601 g/mol. The second-order valence-electron chi connectivity index (χ2n) is 9.92. The van der Waals surface area contributed by atoms with Crippen LogP contribution in [0.25, 0.3) is 0 Å². The van der Waals surface area contributed by atoms with Crippen LogP contribution in [0.4, 0.5) is 5.69 Å². The summed E-state index contributed by atoms with van der Waals surface area (Å²) >= 11 is 12.7. The molecule has 1 fully saturated rings. The first-order valence-electron chi connectivity index (χ1n) is 13.3. The largest absolute Gasteiger partial charge is 0.352 e. The minimum atomic E-state index is -4.22. The number of hydrogen-bond acceptors (Lipinski definition) is 4. The van der Waals surface area contributed by atoms with Crippen molar-refractivity contribution in [3.63, 3.8) is 0 Å². The molecule has 0 spiro atoms. The highest BCUT2D eigenvalue weighted by Gasteiger charge is 2.34. The van der Waals surface area contributed by atoms with Gasteiger partial charge in [0.25, 0.3) is 10.0 Å². The molecule has 1 atom stereocenters. The van der Waals surface area contributed by atoms with E-state index in [2.05, 4.69) is 5.32 Å². The molecule has 1 saturated carbocycles. The zero-order chi connectivity index (χ0) is 28.7. The molecule has 0 aromatic heterocycles. The van der Waals surface area contributed by atoms with Gasteiger partial charge >= 0.3 is 0 Å². The van der Waals surface area contributed by atoms with Gasteiger partial charge in [-0.3, -0.25) is 13.9 Å². The first kappa shape index (κ1) is 29.9. The summed E-state index contributed by atoms with van der Waals surface area (Å²) in [4.78, 5) is 28.8. The van der Waals surface area contributed by atoms with Crippen LogP contribution >= 0.6 is 23.2 Å². The molecule has 0 bridgehead atoms. The SMILES string of the molecule is C[C@H](C(=O)NC1CCCCC1)N(Cc1ccccc1)C(=O)CN(c1cccc(Cl)c1Cl)S(=O)(=O)c1ccccc1.